The molecule has 28 heavy (non-hydrogen) atoms. The fourth-order valence-corrected chi connectivity index (χ4v) is 3.31. The predicted octanol–water partition coefficient (Wildman–Crippen LogP) is 4.61. The van der Waals surface area contributed by atoms with Gasteiger partial charge in [-0.05, 0) is 68.1 Å². The molecule has 1 N–H and O–H groups in total. The van der Waals surface area contributed by atoms with Crippen LogP contribution < -0.4 is 10.1 Å². The molecule has 0 bridgehead atoms. The number of nitrogens with zero attached hydrogens (tertiary/aromatic N) is 2. The van der Waals surface area contributed by atoms with Gasteiger partial charge in [-0.1, -0.05) is 30.0 Å². The van der Waals surface area contributed by atoms with E-state index < -0.39 is 0 Å². The fourth-order valence-electron chi connectivity index (χ4n) is 2.73. The molecule has 3 aromatic rings. The van der Waals surface area contributed by atoms with Gasteiger partial charge in [0.25, 0.3) is 11.1 Å². The lowest BCUT2D eigenvalue weighted by molar-refractivity contribution is -0.113. The van der Waals surface area contributed by atoms with Gasteiger partial charge >= 0.3 is 0 Å². The first-order chi connectivity index (χ1) is 13.4. The van der Waals surface area contributed by atoms with Crippen molar-refractivity contribution in [1.82, 2.24) is 10.2 Å². The molecule has 0 saturated heterocycles. The molecule has 1 aromatic heterocycles. The third-order valence-corrected chi connectivity index (χ3v) is 4.79. The minimum absolute atomic E-state index is 0.124. The lowest BCUT2D eigenvalue weighted by atomic mass is 10.1. The van der Waals surface area contributed by atoms with Crippen LogP contribution in [0.5, 0.6) is 5.75 Å². The smallest absolute Gasteiger partial charge is 0.277 e. The first-order valence-corrected chi connectivity index (χ1v) is 9.91. The summed E-state index contributed by atoms with van der Waals surface area (Å²) in [6, 6.07) is 11.9. The van der Waals surface area contributed by atoms with E-state index in [0.29, 0.717) is 11.1 Å². The Morgan fingerprint density at radius 2 is 1.79 bits per heavy atom. The van der Waals surface area contributed by atoms with Gasteiger partial charge in [0, 0.05) is 5.69 Å². The molecule has 6 nitrogen and oxygen atoms in total. The molecule has 146 valence electrons. The Morgan fingerprint density at radius 3 is 2.54 bits per heavy atom. The number of carbonyl (C=O) groups is 1. The van der Waals surface area contributed by atoms with Gasteiger partial charge in [-0.15, -0.1) is 10.2 Å². The molecular formula is C21H23N3O3S. The van der Waals surface area contributed by atoms with E-state index in [2.05, 4.69) is 21.6 Å². The highest BCUT2D eigenvalue weighted by Gasteiger charge is 2.11. The molecule has 1 amide bonds. The molecule has 0 aliphatic carbocycles. The van der Waals surface area contributed by atoms with E-state index in [1.165, 1.54) is 11.8 Å². The molecule has 2 aromatic carbocycles. The summed E-state index contributed by atoms with van der Waals surface area (Å²) in [7, 11) is 0. The summed E-state index contributed by atoms with van der Waals surface area (Å²) in [4.78, 5) is 12.1. The van der Waals surface area contributed by atoms with E-state index in [4.69, 9.17) is 9.15 Å². The van der Waals surface area contributed by atoms with Crippen molar-refractivity contribution < 1.29 is 13.9 Å². The Kier molecular flexibility index (Phi) is 6.36. The molecule has 7 heteroatoms. The number of anilines is 1. The van der Waals surface area contributed by atoms with Gasteiger partial charge in [-0.2, -0.15) is 0 Å². The lowest BCUT2D eigenvalue weighted by Crippen LogP contribution is -2.14. The molecule has 0 aliphatic heterocycles. The normalized spacial score (nSPS) is 10.7. The van der Waals surface area contributed by atoms with Crippen LogP contribution in [0.4, 0.5) is 5.69 Å². The SMILES string of the molecule is Cc1cc(C)cc(NC(=O)CSc2nnc(COc3cc(C)ccc3C)o2)c1. The van der Waals surface area contributed by atoms with Crippen LogP contribution in [0.15, 0.2) is 46.0 Å². The number of carbonyl (C=O) groups excluding carboxylic acids is 1. The van der Waals surface area contributed by atoms with Crippen molar-refractivity contribution in [2.24, 2.45) is 0 Å². The van der Waals surface area contributed by atoms with Gasteiger partial charge in [-0.3, -0.25) is 4.79 Å². The molecule has 0 atom stereocenters. The average molecular weight is 398 g/mol. The highest BCUT2D eigenvalue weighted by Crippen LogP contribution is 2.22. The third-order valence-electron chi connectivity index (χ3n) is 3.98. The molecule has 0 radical (unpaired) electrons. The standard InChI is InChI=1S/C21H23N3O3S/c1-13-5-6-16(4)18(10-13)26-11-20-23-24-21(27-20)28-12-19(25)22-17-8-14(2)7-15(3)9-17/h5-10H,11-12H2,1-4H3,(H,22,25). The van der Waals surface area contributed by atoms with Crippen molar-refractivity contribution in [3.63, 3.8) is 0 Å². The Morgan fingerprint density at radius 1 is 1.04 bits per heavy atom. The van der Waals surface area contributed by atoms with Crippen LogP contribution in [0.2, 0.25) is 0 Å². The number of rotatable bonds is 7. The molecule has 1 heterocycles. The minimum atomic E-state index is -0.124. The van der Waals surface area contributed by atoms with E-state index in [1.807, 2.05) is 58.0 Å². The van der Waals surface area contributed by atoms with E-state index in [9.17, 15) is 4.79 Å². The first-order valence-electron chi connectivity index (χ1n) is 8.92. The highest BCUT2D eigenvalue weighted by atomic mass is 32.2. The summed E-state index contributed by atoms with van der Waals surface area (Å²) in [5, 5.41) is 11.2. The van der Waals surface area contributed by atoms with Crippen LogP contribution in [0.25, 0.3) is 0 Å². The van der Waals surface area contributed by atoms with E-state index in [0.717, 1.165) is 33.7 Å². The van der Waals surface area contributed by atoms with Gasteiger partial charge in [0.1, 0.15) is 5.75 Å². The summed E-state index contributed by atoms with van der Waals surface area (Å²) in [5.41, 5.74) is 5.16. The second-order valence-electron chi connectivity index (χ2n) is 6.73. The molecule has 0 unspecified atom stereocenters. The van der Waals surface area contributed by atoms with Crippen LogP contribution >= 0.6 is 11.8 Å². The summed E-state index contributed by atoms with van der Waals surface area (Å²) < 4.78 is 11.3. The van der Waals surface area contributed by atoms with Crippen LogP contribution in [-0.4, -0.2) is 21.9 Å². The number of thioether (sulfide) groups is 1. The number of aromatic nitrogens is 2. The molecular weight excluding hydrogens is 374 g/mol. The summed E-state index contributed by atoms with van der Waals surface area (Å²) in [6.07, 6.45) is 0. The second-order valence-corrected chi connectivity index (χ2v) is 7.66. The summed E-state index contributed by atoms with van der Waals surface area (Å²) in [5.74, 6) is 1.23. The van der Waals surface area contributed by atoms with E-state index in [1.54, 1.807) is 0 Å². The molecule has 0 saturated carbocycles. The van der Waals surface area contributed by atoms with Crippen LogP contribution in [0.3, 0.4) is 0 Å². The predicted molar refractivity (Wildman–Crippen MR) is 110 cm³/mol. The molecule has 0 spiro atoms. The monoisotopic (exact) mass is 397 g/mol. The van der Waals surface area contributed by atoms with Crippen LogP contribution in [0, 0.1) is 27.7 Å². The number of hydrogen-bond donors (Lipinski definition) is 1. The Balaban J connectivity index is 1.50. The number of hydrogen-bond acceptors (Lipinski definition) is 6. The number of nitrogens with one attached hydrogen (secondary N) is 1. The zero-order chi connectivity index (χ0) is 20.1. The van der Waals surface area contributed by atoms with Crippen LogP contribution in [0.1, 0.15) is 28.1 Å². The second kappa shape index (κ2) is 8.93. The maximum absolute atomic E-state index is 12.1. The molecule has 0 fully saturated rings. The van der Waals surface area contributed by atoms with Crippen molar-refractivity contribution in [1.29, 1.82) is 0 Å². The third kappa shape index (κ3) is 5.60. The van der Waals surface area contributed by atoms with Crippen molar-refractivity contribution in [2.75, 3.05) is 11.1 Å². The van der Waals surface area contributed by atoms with Gasteiger partial charge in [-0.25, -0.2) is 0 Å². The Hall–Kier alpha value is -2.80. The fraction of sp³-hybridized carbons (Fsp3) is 0.286. The minimum Gasteiger partial charge on any atom is -0.484 e. The molecule has 0 aliphatic rings. The number of amides is 1. The topological polar surface area (TPSA) is 77.2 Å². The maximum Gasteiger partial charge on any atom is 0.277 e. The van der Waals surface area contributed by atoms with Crippen molar-refractivity contribution >= 4 is 23.4 Å². The number of benzene rings is 2. The zero-order valence-electron chi connectivity index (χ0n) is 16.4. The van der Waals surface area contributed by atoms with E-state index in [-0.39, 0.29) is 18.3 Å². The van der Waals surface area contributed by atoms with Crippen molar-refractivity contribution in [2.45, 2.75) is 39.5 Å². The van der Waals surface area contributed by atoms with Crippen molar-refractivity contribution in [3.8, 4) is 5.75 Å². The van der Waals surface area contributed by atoms with Gasteiger partial charge in [0.05, 0.1) is 5.75 Å². The largest absolute Gasteiger partial charge is 0.484 e. The summed E-state index contributed by atoms with van der Waals surface area (Å²) in [6.45, 7) is 8.18. The van der Waals surface area contributed by atoms with Crippen LogP contribution in [-0.2, 0) is 11.4 Å². The van der Waals surface area contributed by atoms with E-state index >= 15 is 0 Å². The van der Waals surface area contributed by atoms with Gasteiger partial charge < -0.3 is 14.5 Å². The number of aryl methyl sites for hydroxylation is 4. The quantitative estimate of drug-likeness (QED) is 0.587. The van der Waals surface area contributed by atoms with Crippen molar-refractivity contribution in [3.05, 3.63) is 64.5 Å². The summed E-state index contributed by atoms with van der Waals surface area (Å²) >= 11 is 1.20. The van der Waals surface area contributed by atoms with Gasteiger partial charge in [0.2, 0.25) is 5.91 Å². The first kappa shape index (κ1) is 19.9. The lowest BCUT2D eigenvalue weighted by Gasteiger charge is -2.07. The Bertz CT molecular complexity index is 965. The zero-order valence-corrected chi connectivity index (χ0v) is 17.2. The highest BCUT2D eigenvalue weighted by molar-refractivity contribution is 7.99. The molecule has 3 rings (SSSR count). The van der Waals surface area contributed by atoms with Gasteiger partial charge in [0.15, 0.2) is 6.61 Å². The average Bonchev–Trinajstić information content (AvgIpc) is 3.08. The number of ether oxygens (including phenoxy) is 1. The maximum atomic E-state index is 12.1. The Labute approximate surface area is 168 Å².